The Bertz CT molecular complexity index is 478. The molecular weight excluding hydrogens is 268 g/mol. The summed E-state index contributed by atoms with van der Waals surface area (Å²) in [4.78, 5) is 13.8. The molecule has 1 aromatic rings. The molecule has 1 heterocycles. The Morgan fingerprint density at radius 3 is 2.95 bits per heavy atom. The van der Waals surface area contributed by atoms with Crippen molar-refractivity contribution in [1.82, 2.24) is 10.2 Å². The van der Waals surface area contributed by atoms with Crippen molar-refractivity contribution in [2.75, 3.05) is 33.9 Å². The smallest absolute Gasteiger partial charge is 0.407 e. The largest absolute Gasteiger partial charge is 0.497 e. The normalized spacial score (nSPS) is 22.6. The number of carbonyl (C=O) groups excluding carboxylic acids is 1. The quantitative estimate of drug-likeness (QED) is 0.924. The Hall–Kier alpha value is -1.75. The fraction of sp³-hybridized carbons (Fsp3) is 0.562. The van der Waals surface area contributed by atoms with Gasteiger partial charge < -0.3 is 19.7 Å². The van der Waals surface area contributed by atoms with Crippen molar-refractivity contribution in [2.45, 2.75) is 25.3 Å². The van der Waals surface area contributed by atoms with Gasteiger partial charge in [0.15, 0.2) is 0 Å². The molecule has 5 heteroatoms. The number of alkyl carbamates (subject to hydrolysis) is 1. The van der Waals surface area contributed by atoms with Gasteiger partial charge in [0, 0.05) is 19.1 Å². The number of likely N-dealkylation sites (tertiary alicyclic amines) is 1. The number of amides is 1. The predicted molar refractivity (Wildman–Crippen MR) is 81.8 cm³/mol. The van der Waals surface area contributed by atoms with Crippen molar-refractivity contribution in [3.63, 3.8) is 0 Å². The second-order valence-electron chi connectivity index (χ2n) is 5.49. The lowest BCUT2D eigenvalue weighted by molar-refractivity contribution is 0.135. The van der Waals surface area contributed by atoms with Crippen molar-refractivity contribution in [1.29, 1.82) is 0 Å². The van der Waals surface area contributed by atoms with Crippen molar-refractivity contribution in [3.05, 3.63) is 29.8 Å². The van der Waals surface area contributed by atoms with Crippen LogP contribution in [0.1, 0.15) is 24.8 Å². The molecule has 1 fully saturated rings. The lowest BCUT2D eigenvalue weighted by Gasteiger charge is -2.36. The number of likely N-dealkylation sites (N-methyl/N-ethyl adjacent to an activating group) is 1. The summed E-state index contributed by atoms with van der Waals surface area (Å²) in [5.74, 6) is 1.25. The molecule has 1 aromatic carbocycles. The van der Waals surface area contributed by atoms with Crippen molar-refractivity contribution in [2.24, 2.45) is 0 Å². The number of nitrogens with zero attached hydrogens (tertiary/aromatic N) is 1. The predicted octanol–water partition coefficient (Wildman–Crippen LogP) is 2.23. The zero-order valence-corrected chi connectivity index (χ0v) is 13.0. The van der Waals surface area contributed by atoms with Crippen LogP contribution in [0.15, 0.2) is 24.3 Å². The Kier molecular flexibility index (Phi) is 5.44. The summed E-state index contributed by atoms with van der Waals surface area (Å²) in [6.45, 7) is 4.03. The summed E-state index contributed by atoms with van der Waals surface area (Å²) in [6.07, 6.45) is 0.582. The van der Waals surface area contributed by atoms with Gasteiger partial charge in [-0.05, 0) is 44.0 Å². The Labute approximate surface area is 126 Å². The van der Waals surface area contributed by atoms with Gasteiger partial charge in [-0.1, -0.05) is 12.1 Å². The molecule has 1 aliphatic rings. The molecular formula is C16H24N2O3. The first-order valence-corrected chi connectivity index (χ1v) is 7.38. The number of carbonyl (C=O) groups is 1. The first-order valence-electron chi connectivity index (χ1n) is 7.38. The van der Waals surface area contributed by atoms with E-state index in [1.54, 1.807) is 7.11 Å². The number of ether oxygens (including phenoxy) is 2. The summed E-state index contributed by atoms with van der Waals surface area (Å²) < 4.78 is 10.3. The van der Waals surface area contributed by atoms with E-state index in [9.17, 15) is 4.79 Å². The zero-order valence-electron chi connectivity index (χ0n) is 13.0. The molecule has 1 N–H and O–H groups in total. The average Bonchev–Trinajstić information content (AvgIpc) is 2.47. The van der Waals surface area contributed by atoms with Gasteiger partial charge in [0.2, 0.25) is 0 Å². The van der Waals surface area contributed by atoms with Crippen LogP contribution in [0, 0.1) is 0 Å². The molecule has 0 aliphatic carbocycles. The standard InChI is InChI=1S/C16H24N2O3/c1-4-21-16(19)17-14-8-13(10-18(2)11-14)12-6-5-7-15(9-12)20-3/h5-7,9,13-14H,4,8,10-11H2,1-3H3,(H,17,19). The van der Waals surface area contributed by atoms with Gasteiger partial charge in [-0.2, -0.15) is 0 Å². The van der Waals surface area contributed by atoms with Crippen LogP contribution < -0.4 is 10.1 Å². The highest BCUT2D eigenvalue weighted by molar-refractivity contribution is 5.67. The van der Waals surface area contributed by atoms with Gasteiger partial charge in [0.1, 0.15) is 5.75 Å². The molecule has 1 amide bonds. The minimum Gasteiger partial charge on any atom is -0.497 e. The molecule has 0 spiro atoms. The van der Waals surface area contributed by atoms with Gasteiger partial charge in [-0.25, -0.2) is 4.79 Å². The number of benzene rings is 1. The number of rotatable bonds is 4. The van der Waals surface area contributed by atoms with Crippen LogP contribution in [0.5, 0.6) is 5.75 Å². The van der Waals surface area contributed by atoms with Gasteiger partial charge in [-0.3, -0.25) is 0 Å². The van der Waals surface area contributed by atoms with Crippen molar-refractivity contribution < 1.29 is 14.3 Å². The van der Waals surface area contributed by atoms with Crippen LogP contribution in [0.2, 0.25) is 0 Å². The number of methoxy groups -OCH3 is 1. The van der Waals surface area contributed by atoms with Gasteiger partial charge in [0.25, 0.3) is 0 Å². The minimum absolute atomic E-state index is 0.110. The van der Waals surface area contributed by atoms with E-state index in [1.165, 1.54) is 5.56 Å². The number of hydrogen-bond donors (Lipinski definition) is 1. The van der Waals surface area contributed by atoms with E-state index in [-0.39, 0.29) is 12.1 Å². The molecule has 0 saturated carbocycles. The van der Waals surface area contributed by atoms with Gasteiger partial charge >= 0.3 is 6.09 Å². The van der Waals surface area contributed by atoms with Gasteiger partial charge in [0.05, 0.1) is 13.7 Å². The molecule has 116 valence electrons. The maximum Gasteiger partial charge on any atom is 0.407 e. The fourth-order valence-electron chi connectivity index (χ4n) is 2.90. The maximum absolute atomic E-state index is 11.6. The van der Waals surface area contributed by atoms with Crippen LogP contribution in [-0.4, -0.2) is 50.9 Å². The third kappa shape index (κ3) is 4.36. The highest BCUT2D eigenvalue weighted by Crippen LogP contribution is 2.28. The summed E-state index contributed by atoms with van der Waals surface area (Å²) in [6, 6.07) is 8.26. The molecule has 0 bridgehead atoms. The molecule has 1 aliphatic heterocycles. The first-order chi connectivity index (χ1) is 10.1. The van der Waals surface area contributed by atoms with Crippen LogP contribution in [-0.2, 0) is 4.74 Å². The fourth-order valence-corrected chi connectivity index (χ4v) is 2.90. The highest BCUT2D eigenvalue weighted by Gasteiger charge is 2.27. The van der Waals surface area contributed by atoms with Gasteiger partial charge in [-0.15, -0.1) is 0 Å². The average molecular weight is 292 g/mol. The van der Waals surface area contributed by atoms with Crippen molar-refractivity contribution in [3.8, 4) is 5.75 Å². The SMILES string of the molecule is CCOC(=O)NC1CC(c2cccc(OC)c2)CN(C)C1. The van der Waals surface area contributed by atoms with E-state index in [2.05, 4.69) is 29.4 Å². The second-order valence-corrected chi connectivity index (χ2v) is 5.49. The van der Waals surface area contributed by atoms with E-state index >= 15 is 0 Å². The van der Waals surface area contributed by atoms with E-state index in [4.69, 9.17) is 9.47 Å². The summed E-state index contributed by atoms with van der Waals surface area (Å²) in [7, 11) is 3.75. The van der Waals surface area contributed by atoms with Crippen LogP contribution >= 0.6 is 0 Å². The number of piperidine rings is 1. The topological polar surface area (TPSA) is 50.8 Å². The molecule has 1 saturated heterocycles. The summed E-state index contributed by atoms with van der Waals surface area (Å²) in [5, 5.41) is 2.94. The molecule has 0 aromatic heterocycles. The van der Waals surface area contributed by atoms with Crippen LogP contribution in [0.4, 0.5) is 4.79 Å². The van der Waals surface area contributed by atoms with Crippen LogP contribution in [0.3, 0.4) is 0 Å². The maximum atomic E-state index is 11.6. The Morgan fingerprint density at radius 2 is 2.24 bits per heavy atom. The van der Waals surface area contributed by atoms with E-state index in [0.29, 0.717) is 12.5 Å². The number of nitrogens with one attached hydrogen (secondary N) is 1. The Morgan fingerprint density at radius 1 is 1.43 bits per heavy atom. The summed E-state index contributed by atoms with van der Waals surface area (Å²) in [5.41, 5.74) is 1.25. The van der Waals surface area contributed by atoms with E-state index in [1.807, 2.05) is 19.1 Å². The molecule has 0 radical (unpaired) electrons. The minimum atomic E-state index is -0.331. The number of hydrogen-bond acceptors (Lipinski definition) is 4. The van der Waals surface area contributed by atoms with E-state index in [0.717, 1.165) is 25.3 Å². The van der Waals surface area contributed by atoms with E-state index < -0.39 is 0 Å². The lowest BCUT2D eigenvalue weighted by Crippen LogP contribution is -2.48. The van der Waals surface area contributed by atoms with Crippen LogP contribution in [0.25, 0.3) is 0 Å². The second kappa shape index (κ2) is 7.31. The zero-order chi connectivity index (χ0) is 15.2. The first kappa shape index (κ1) is 15.6. The van der Waals surface area contributed by atoms with Crippen molar-refractivity contribution >= 4 is 6.09 Å². The third-order valence-corrected chi connectivity index (χ3v) is 3.80. The molecule has 2 atom stereocenters. The monoisotopic (exact) mass is 292 g/mol. The lowest BCUT2D eigenvalue weighted by atomic mass is 9.88. The highest BCUT2D eigenvalue weighted by atomic mass is 16.5. The molecule has 5 nitrogen and oxygen atoms in total. The molecule has 21 heavy (non-hydrogen) atoms. The molecule has 2 unspecified atom stereocenters. The summed E-state index contributed by atoms with van der Waals surface area (Å²) >= 11 is 0. The molecule has 2 rings (SSSR count). The third-order valence-electron chi connectivity index (χ3n) is 3.80. The Balaban J connectivity index is 2.04.